The Morgan fingerprint density at radius 3 is 2.68 bits per heavy atom. The van der Waals surface area contributed by atoms with Crippen LogP contribution in [0.3, 0.4) is 0 Å². The third-order valence-corrected chi connectivity index (χ3v) is 3.43. The van der Waals surface area contributed by atoms with Crippen LogP contribution in [-0.4, -0.2) is 25.2 Å². The van der Waals surface area contributed by atoms with Gasteiger partial charge in [-0.15, -0.1) is 0 Å². The van der Waals surface area contributed by atoms with E-state index < -0.39 is 7.40 Å². The van der Waals surface area contributed by atoms with Gasteiger partial charge in [0, 0.05) is 23.0 Å². The van der Waals surface area contributed by atoms with E-state index in [1.165, 1.54) is 6.20 Å². The molecule has 0 unspecified atom stereocenters. The molecule has 0 radical (unpaired) electrons. The summed E-state index contributed by atoms with van der Waals surface area (Å²) in [7, 11) is -1.06. The first-order valence-electron chi connectivity index (χ1n) is 6.76. The number of ether oxygens (including phenoxy) is 1. The molecule has 0 bridgehead atoms. The molecular formula is C16H13BF2N2O. The third-order valence-electron chi connectivity index (χ3n) is 3.43. The second-order valence-corrected chi connectivity index (χ2v) is 4.68. The molecule has 0 saturated carbocycles. The van der Waals surface area contributed by atoms with Crippen LogP contribution in [0, 0.1) is 0 Å². The van der Waals surface area contributed by atoms with Crippen LogP contribution in [-0.2, 0) is 0 Å². The van der Waals surface area contributed by atoms with E-state index >= 15 is 0 Å². The zero-order chi connectivity index (χ0) is 15.5. The summed E-state index contributed by atoms with van der Waals surface area (Å²) in [6, 6.07) is 10.6. The van der Waals surface area contributed by atoms with Crippen molar-refractivity contribution in [3.8, 4) is 5.75 Å². The van der Waals surface area contributed by atoms with Crippen LogP contribution in [0.15, 0.2) is 65.4 Å². The number of hydrogen-bond donors (Lipinski definition) is 0. The first kappa shape index (κ1) is 14.3. The SMILES string of the molecule is COc1ccccc1/C(=C1\C=CC=N1)c1cccn1B(F)F. The van der Waals surface area contributed by atoms with Gasteiger partial charge in [0.25, 0.3) is 0 Å². The Morgan fingerprint density at radius 2 is 2.00 bits per heavy atom. The maximum atomic E-state index is 13.3. The molecule has 1 aromatic heterocycles. The van der Waals surface area contributed by atoms with Crippen molar-refractivity contribution >= 4 is 19.2 Å². The van der Waals surface area contributed by atoms with Crippen molar-refractivity contribution in [2.45, 2.75) is 0 Å². The largest absolute Gasteiger partial charge is 0.677 e. The monoisotopic (exact) mass is 298 g/mol. The van der Waals surface area contributed by atoms with E-state index in [1.54, 1.807) is 43.7 Å². The number of nitrogens with zero attached hydrogens (tertiary/aromatic N) is 2. The maximum absolute atomic E-state index is 13.3. The summed E-state index contributed by atoms with van der Waals surface area (Å²) in [4.78, 5) is 4.27. The average molecular weight is 298 g/mol. The van der Waals surface area contributed by atoms with Crippen molar-refractivity contribution in [2.24, 2.45) is 4.99 Å². The van der Waals surface area contributed by atoms with Crippen molar-refractivity contribution < 1.29 is 13.4 Å². The summed E-state index contributed by atoms with van der Waals surface area (Å²) in [5.74, 6) is 0.613. The van der Waals surface area contributed by atoms with Gasteiger partial charge in [0.05, 0.1) is 12.8 Å². The van der Waals surface area contributed by atoms with E-state index in [4.69, 9.17) is 4.74 Å². The summed E-state index contributed by atoms with van der Waals surface area (Å²) in [6.07, 6.45) is 6.57. The summed E-state index contributed by atoms with van der Waals surface area (Å²) >= 11 is 0. The number of para-hydroxylation sites is 1. The molecule has 6 heteroatoms. The van der Waals surface area contributed by atoms with Crippen LogP contribution in [0.1, 0.15) is 11.3 Å². The van der Waals surface area contributed by atoms with Gasteiger partial charge < -0.3 is 9.21 Å². The second-order valence-electron chi connectivity index (χ2n) is 4.68. The van der Waals surface area contributed by atoms with Crippen LogP contribution in [0.4, 0.5) is 8.63 Å². The molecule has 1 aromatic carbocycles. The number of methoxy groups -OCH3 is 1. The van der Waals surface area contributed by atoms with E-state index in [9.17, 15) is 8.63 Å². The summed E-state index contributed by atoms with van der Waals surface area (Å²) in [6.45, 7) is 0. The third kappa shape index (κ3) is 2.48. The Kier molecular flexibility index (Phi) is 3.91. The zero-order valence-electron chi connectivity index (χ0n) is 11.9. The highest BCUT2D eigenvalue weighted by molar-refractivity contribution is 6.41. The quantitative estimate of drug-likeness (QED) is 0.791. The number of aromatic nitrogens is 1. The van der Waals surface area contributed by atoms with Crippen LogP contribution in [0.5, 0.6) is 5.75 Å². The number of allylic oxidation sites excluding steroid dienone is 2. The molecule has 0 amide bonds. The van der Waals surface area contributed by atoms with E-state index in [-0.39, 0.29) is 0 Å². The van der Waals surface area contributed by atoms with E-state index in [0.717, 1.165) is 10.0 Å². The van der Waals surface area contributed by atoms with Crippen molar-refractivity contribution in [1.82, 2.24) is 4.48 Å². The molecule has 0 fully saturated rings. The minimum atomic E-state index is -2.62. The first-order chi connectivity index (χ1) is 10.7. The van der Waals surface area contributed by atoms with Crippen LogP contribution in [0.2, 0.25) is 0 Å². The van der Waals surface area contributed by atoms with Gasteiger partial charge in [-0.1, -0.05) is 18.2 Å². The van der Waals surface area contributed by atoms with Gasteiger partial charge in [-0.25, -0.2) is 0 Å². The molecule has 0 aliphatic carbocycles. The fraction of sp³-hybridized carbons (Fsp3) is 0.0625. The number of aliphatic imine (C=N–C) groups is 1. The first-order valence-corrected chi connectivity index (χ1v) is 6.76. The molecule has 22 heavy (non-hydrogen) atoms. The molecule has 0 atom stereocenters. The Labute approximate surface area is 127 Å². The molecule has 2 heterocycles. The van der Waals surface area contributed by atoms with Gasteiger partial charge in [0.15, 0.2) is 0 Å². The molecule has 0 N–H and O–H groups in total. The Hall–Kier alpha value is -2.63. The highest BCUT2D eigenvalue weighted by Gasteiger charge is 2.24. The number of hydrogen-bond acceptors (Lipinski definition) is 2. The van der Waals surface area contributed by atoms with Gasteiger partial charge >= 0.3 is 7.40 Å². The lowest BCUT2D eigenvalue weighted by Crippen LogP contribution is -2.15. The molecule has 110 valence electrons. The number of benzene rings is 1. The maximum Gasteiger partial charge on any atom is 0.677 e. The van der Waals surface area contributed by atoms with E-state index in [0.29, 0.717) is 22.7 Å². The normalized spacial score (nSPS) is 15.2. The van der Waals surface area contributed by atoms with Gasteiger partial charge in [0.2, 0.25) is 0 Å². The molecule has 3 rings (SSSR count). The van der Waals surface area contributed by atoms with Crippen LogP contribution >= 0.6 is 0 Å². The highest BCUT2D eigenvalue weighted by Crippen LogP contribution is 2.35. The Bertz CT molecular complexity index is 764. The standard InChI is InChI=1S/C16H13BF2N2O/c1-22-15-9-3-2-6-12(15)16(13-7-4-10-20-13)14-8-5-11-21(14)17(18)19/h2-11H,1H3/b16-13-. The lowest BCUT2D eigenvalue weighted by molar-refractivity contribution is 0.413. The minimum Gasteiger partial charge on any atom is -0.496 e. The molecule has 0 saturated heterocycles. The summed E-state index contributed by atoms with van der Waals surface area (Å²) in [5.41, 5.74) is 2.38. The molecule has 1 aliphatic rings. The molecule has 3 nitrogen and oxygen atoms in total. The van der Waals surface area contributed by atoms with Crippen molar-refractivity contribution in [3.05, 3.63) is 71.7 Å². The fourth-order valence-electron chi connectivity index (χ4n) is 2.48. The predicted molar refractivity (Wildman–Crippen MR) is 84.4 cm³/mol. The van der Waals surface area contributed by atoms with Crippen molar-refractivity contribution in [2.75, 3.05) is 7.11 Å². The lowest BCUT2D eigenvalue weighted by atomic mass is 9.98. The van der Waals surface area contributed by atoms with E-state index in [1.807, 2.05) is 18.2 Å². The minimum absolute atomic E-state index is 0.401. The van der Waals surface area contributed by atoms with Crippen molar-refractivity contribution in [3.63, 3.8) is 0 Å². The van der Waals surface area contributed by atoms with Gasteiger partial charge in [0.1, 0.15) is 5.75 Å². The fourth-order valence-corrected chi connectivity index (χ4v) is 2.48. The molecule has 2 aromatic rings. The predicted octanol–water partition coefficient (Wildman–Crippen LogP) is 3.67. The zero-order valence-corrected chi connectivity index (χ0v) is 11.9. The van der Waals surface area contributed by atoms with Crippen LogP contribution in [0.25, 0.3) is 5.57 Å². The average Bonchev–Trinajstić information content (AvgIpc) is 3.20. The Morgan fingerprint density at radius 1 is 1.18 bits per heavy atom. The van der Waals surface area contributed by atoms with Gasteiger partial charge in [-0.3, -0.25) is 13.6 Å². The molecule has 1 aliphatic heterocycles. The van der Waals surface area contributed by atoms with E-state index in [2.05, 4.69) is 4.99 Å². The Balaban J connectivity index is 2.27. The van der Waals surface area contributed by atoms with Gasteiger partial charge in [-0.2, -0.15) is 0 Å². The molecule has 0 spiro atoms. The van der Waals surface area contributed by atoms with Gasteiger partial charge in [-0.05, 0) is 36.5 Å². The lowest BCUT2D eigenvalue weighted by Gasteiger charge is -2.15. The topological polar surface area (TPSA) is 26.5 Å². The van der Waals surface area contributed by atoms with Crippen molar-refractivity contribution in [1.29, 1.82) is 0 Å². The van der Waals surface area contributed by atoms with Crippen LogP contribution < -0.4 is 4.74 Å². The smallest absolute Gasteiger partial charge is 0.496 e. The number of halogens is 2. The summed E-state index contributed by atoms with van der Waals surface area (Å²) in [5, 5.41) is 0. The summed E-state index contributed by atoms with van der Waals surface area (Å²) < 4.78 is 32.8. The number of rotatable bonds is 4. The second kappa shape index (κ2) is 6.01. The highest BCUT2D eigenvalue weighted by atomic mass is 19.2. The molecular weight excluding hydrogens is 285 g/mol.